The third kappa shape index (κ3) is 1.58. The quantitative estimate of drug-likeness (QED) is 0.873. The lowest BCUT2D eigenvalue weighted by atomic mass is 9.58. The molecular formula is C19H17NO6. The molecule has 1 aromatic carbocycles. The molecule has 2 saturated heterocycles. The molecule has 1 amide bonds. The lowest BCUT2D eigenvalue weighted by Crippen LogP contribution is -2.54. The molecule has 7 heteroatoms. The molecule has 0 radical (unpaired) electrons. The van der Waals surface area contributed by atoms with Gasteiger partial charge in [0.1, 0.15) is 0 Å². The summed E-state index contributed by atoms with van der Waals surface area (Å²) in [5.41, 5.74) is 1.41. The number of fused-ring (bicyclic) bond motifs is 2. The van der Waals surface area contributed by atoms with Crippen molar-refractivity contribution < 1.29 is 28.9 Å². The smallest absolute Gasteiger partial charge is 0.411 e. The average molecular weight is 355 g/mol. The Bertz CT molecular complexity index is 932. The highest BCUT2D eigenvalue weighted by Gasteiger charge is 2.61. The number of hydrogen-bond donors (Lipinski definition) is 1. The van der Waals surface area contributed by atoms with Crippen LogP contribution in [0.5, 0.6) is 11.5 Å². The summed E-state index contributed by atoms with van der Waals surface area (Å²) >= 11 is 0. The number of phenols is 1. The fraction of sp³-hybridized carbons (Fsp3) is 0.368. The van der Waals surface area contributed by atoms with Gasteiger partial charge in [-0.05, 0) is 30.2 Å². The van der Waals surface area contributed by atoms with Crippen molar-refractivity contribution in [2.75, 3.05) is 20.8 Å². The summed E-state index contributed by atoms with van der Waals surface area (Å²) in [6.07, 6.45) is 2.88. The molecule has 1 N–H and O–H groups in total. The summed E-state index contributed by atoms with van der Waals surface area (Å²) in [6.45, 7) is 0.467. The highest BCUT2D eigenvalue weighted by atomic mass is 16.6. The molecule has 5 rings (SSSR count). The summed E-state index contributed by atoms with van der Waals surface area (Å²) in [5.74, 6) is 0.335. The molecule has 1 unspecified atom stereocenters. The number of amides is 1. The molecular weight excluding hydrogens is 338 g/mol. The summed E-state index contributed by atoms with van der Waals surface area (Å²) < 4.78 is 16.2. The van der Waals surface area contributed by atoms with E-state index in [0.29, 0.717) is 24.3 Å². The minimum Gasteiger partial charge on any atom is -0.504 e. The fourth-order valence-corrected chi connectivity index (χ4v) is 4.85. The maximum Gasteiger partial charge on any atom is 0.411 e. The monoisotopic (exact) mass is 355 g/mol. The predicted molar refractivity (Wildman–Crippen MR) is 88.9 cm³/mol. The van der Waals surface area contributed by atoms with E-state index in [1.54, 1.807) is 17.0 Å². The van der Waals surface area contributed by atoms with Gasteiger partial charge >= 0.3 is 6.09 Å². The number of carbonyl (C=O) groups is 2. The maximum atomic E-state index is 12.4. The van der Waals surface area contributed by atoms with E-state index in [9.17, 15) is 14.7 Å². The maximum absolute atomic E-state index is 12.4. The Hall–Kier alpha value is -2.96. The van der Waals surface area contributed by atoms with Crippen LogP contribution in [0.1, 0.15) is 23.7 Å². The number of aromatic hydroxyl groups is 1. The molecule has 2 fully saturated rings. The van der Waals surface area contributed by atoms with E-state index in [1.165, 1.54) is 20.3 Å². The fourth-order valence-electron chi connectivity index (χ4n) is 4.85. The molecule has 26 heavy (non-hydrogen) atoms. The van der Waals surface area contributed by atoms with Gasteiger partial charge in [-0.2, -0.15) is 0 Å². The van der Waals surface area contributed by atoms with E-state index in [1.807, 2.05) is 6.07 Å². The number of carbonyl (C=O) groups excluding carboxylic acids is 2. The Balaban J connectivity index is 1.87. The molecule has 2 heterocycles. The zero-order valence-corrected chi connectivity index (χ0v) is 14.3. The van der Waals surface area contributed by atoms with Crippen molar-refractivity contribution in [2.45, 2.75) is 24.0 Å². The number of benzene rings is 1. The van der Waals surface area contributed by atoms with Crippen molar-refractivity contribution >= 4 is 11.9 Å². The largest absolute Gasteiger partial charge is 0.504 e. The van der Waals surface area contributed by atoms with Crippen molar-refractivity contribution in [1.82, 2.24) is 4.90 Å². The second kappa shape index (κ2) is 4.81. The number of ether oxygens (including phenoxy) is 3. The number of methoxy groups -OCH3 is 2. The average Bonchev–Trinajstić information content (AvgIpc) is 2.99. The molecule has 0 spiro atoms. The van der Waals surface area contributed by atoms with Gasteiger partial charge in [0, 0.05) is 23.1 Å². The molecule has 7 nitrogen and oxygen atoms in total. The standard InChI is InChI=1S/C19H17NO6/c1-24-12-4-3-9-14(16(12)22)19-5-6-20-15(17(9)26-18(20)23)10(19)7-11(21)13(8-19)25-2/h3-4,7-8,15,17,22H,5-6H2,1-2H3/t15-,17?,19-/m0/s1. The first-order valence-corrected chi connectivity index (χ1v) is 8.42. The van der Waals surface area contributed by atoms with Gasteiger partial charge in [0.25, 0.3) is 0 Å². The number of rotatable bonds is 2. The Kier molecular flexibility index (Phi) is 2.83. The van der Waals surface area contributed by atoms with Gasteiger partial charge < -0.3 is 19.3 Å². The first kappa shape index (κ1) is 15.3. The molecule has 2 aliphatic carbocycles. The third-order valence-corrected chi connectivity index (χ3v) is 5.94. The number of phenolic OH excluding ortho intramolecular Hbond substituents is 1. The van der Waals surface area contributed by atoms with E-state index in [-0.39, 0.29) is 23.3 Å². The Labute approximate surface area is 149 Å². The third-order valence-electron chi connectivity index (χ3n) is 5.94. The summed E-state index contributed by atoms with van der Waals surface area (Å²) in [5, 5.41) is 10.9. The van der Waals surface area contributed by atoms with Crippen LogP contribution in [0, 0.1) is 0 Å². The van der Waals surface area contributed by atoms with Crippen molar-refractivity contribution in [3.05, 3.63) is 46.7 Å². The highest BCUT2D eigenvalue weighted by molar-refractivity contribution is 6.05. The van der Waals surface area contributed by atoms with Crippen LogP contribution in [0.4, 0.5) is 4.79 Å². The summed E-state index contributed by atoms with van der Waals surface area (Å²) in [6, 6.07) is 3.14. The van der Waals surface area contributed by atoms with Crippen LogP contribution in [-0.4, -0.2) is 48.7 Å². The van der Waals surface area contributed by atoms with Gasteiger partial charge in [-0.1, -0.05) is 6.07 Å². The van der Waals surface area contributed by atoms with Crippen LogP contribution in [0.2, 0.25) is 0 Å². The van der Waals surface area contributed by atoms with E-state index < -0.39 is 17.6 Å². The van der Waals surface area contributed by atoms with Crippen LogP contribution in [0.3, 0.4) is 0 Å². The van der Waals surface area contributed by atoms with E-state index in [0.717, 1.165) is 11.1 Å². The van der Waals surface area contributed by atoms with Crippen molar-refractivity contribution in [3.8, 4) is 11.5 Å². The van der Waals surface area contributed by atoms with Crippen molar-refractivity contribution in [3.63, 3.8) is 0 Å². The van der Waals surface area contributed by atoms with Gasteiger partial charge in [-0.15, -0.1) is 0 Å². The van der Waals surface area contributed by atoms with Crippen molar-refractivity contribution in [1.29, 1.82) is 0 Å². The molecule has 4 aliphatic rings. The van der Waals surface area contributed by atoms with Gasteiger partial charge in [0.05, 0.1) is 20.3 Å². The molecule has 0 aromatic heterocycles. The van der Waals surface area contributed by atoms with Gasteiger partial charge in [-0.25, -0.2) is 4.79 Å². The second-order valence-corrected chi connectivity index (χ2v) is 6.92. The normalized spacial score (nSPS) is 30.8. The lowest BCUT2D eigenvalue weighted by Gasteiger charge is -2.50. The minimum atomic E-state index is -0.723. The van der Waals surface area contributed by atoms with E-state index in [4.69, 9.17) is 14.2 Å². The van der Waals surface area contributed by atoms with Crippen LogP contribution < -0.4 is 4.74 Å². The molecule has 134 valence electrons. The van der Waals surface area contributed by atoms with E-state index in [2.05, 4.69) is 0 Å². The number of ketones is 1. The molecule has 2 bridgehead atoms. The highest BCUT2D eigenvalue weighted by Crippen LogP contribution is 2.61. The van der Waals surface area contributed by atoms with E-state index >= 15 is 0 Å². The van der Waals surface area contributed by atoms with Crippen LogP contribution in [0.15, 0.2) is 35.6 Å². The van der Waals surface area contributed by atoms with Gasteiger partial charge in [0.2, 0.25) is 5.78 Å². The predicted octanol–water partition coefficient (Wildman–Crippen LogP) is 1.96. The van der Waals surface area contributed by atoms with Crippen LogP contribution >= 0.6 is 0 Å². The SMILES string of the molecule is COC1=C[C@]23CCN4C(=O)OC(c5ccc(OC)c(O)c52)[C@@H]4C3=CC1=O. The van der Waals surface area contributed by atoms with Gasteiger partial charge in [-0.3, -0.25) is 9.69 Å². The van der Waals surface area contributed by atoms with Gasteiger partial charge in [0.15, 0.2) is 23.4 Å². The first-order chi connectivity index (χ1) is 12.5. The molecule has 2 aliphatic heterocycles. The Morgan fingerprint density at radius 2 is 2.08 bits per heavy atom. The zero-order chi connectivity index (χ0) is 18.2. The summed E-state index contributed by atoms with van der Waals surface area (Å²) in [4.78, 5) is 26.5. The zero-order valence-electron chi connectivity index (χ0n) is 14.3. The number of nitrogens with zero attached hydrogens (tertiary/aromatic N) is 1. The summed E-state index contributed by atoms with van der Waals surface area (Å²) in [7, 11) is 2.94. The molecule has 0 saturated carbocycles. The van der Waals surface area contributed by atoms with Crippen molar-refractivity contribution in [2.24, 2.45) is 0 Å². The topological polar surface area (TPSA) is 85.3 Å². The Morgan fingerprint density at radius 1 is 1.27 bits per heavy atom. The Morgan fingerprint density at radius 3 is 2.81 bits per heavy atom. The number of allylic oxidation sites excluding steroid dienone is 2. The minimum absolute atomic E-state index is 0.00630. The number of piperidine rings is 1. The van der Waals surface area contributed by atoms with Crippen LogP contribution in [0.25, 0.3) is 0 Å². The lowest BCUT2D eigenvalue weighted by molar-refractivity contribution is -0.114. The second-order valence-electron chi connectivity index (χ2n) is 6.92. The number of hydrogen-bond acceptors (Lipinski definition) is 6. The molecule has 3 atom stereocenters. The first-order valence-electron chi connectivity index (χ1n) is 8.42. The van der Waals surface area contributed by atoms with Crippen LogP contribution in [-0.2, 0) is 19.7 Å². The molecule has 1 aromatic rings.